The lowest BCUT2D eigenvalue weighted by atomic mass is 10.1. The highest BCUT2D eigenvalue weighted by atomic mass is 16.2. The molecule has 2 aromatic rings. The van der Waals surface area contributed by atoms with E-state index in [-0.39, 0.29) is 11.9 Å². The number of carbonyl (C=O) groups is 1. The fourth-order valence-electron chi connectivity index (χ4n) is 1.90. The zero-order valence-corrected chi connectivity index (χ0v) is 12.8. The maximum Gasteiger partial charge on any atom is 0.254 e. The van der Waals surface area contributed by atoms with Crippen LogP contribution in [0, 0.1) is 6.92 Å². The summed E-state index contributed by atoms with van der Waals surface area (Å²) < 4.78 is 0. The van der Waals surface area contributed by atoms with Crippen LogP contribution in [0.1, 0.15) is 34.6 Å². The molecule has 2 aromatic heterocycles. The lowest BCUT2D eigenvalue weighted by Gasteiger charge is -2.15. The zero-order chi connectivity index (χ0) is 15.4. The molecule has 2 heterocycles. The first-order valence-electron chi connectivity index (χ1n) is 6.84. The van der Waals surface area contributed by atoms with Crippen LogP contribution in [0.25, 0.3) is 0 Å². The van der Waals surface area contributed by atoms with Crippen molar-refractivity contribution in [2.45, 2.75) is 19.9 Å². The van der Waals surface area contributed by atoms with Gasteiger partial charge >= 0.3 is 0 Å². The first-order chi connectivity index (χ1) is 9.97. The van der Waals surface area contributed by atoms with Gasteiger partial charge in [-0.3, -0.25) is 9.78 Å². The van der Waals surface area contributed by atoms with Crippen LogP contribution in [0.4, 0.5) is 5.82 Å². The summed E-state index contributed by atoms with van der Waals surface area (Å²) in [4.78, 5) is 21.9. The molecule has 0 saturated heterocycles. The molecule has 5 nitrogen and oxygen atoms in total. The van der Waals surface area contributed by atoms with E-state index < -0.39 is 0 Å². The number of nitrogens with one attached hydrogen (secondary N) is 1. The molecule has 110 valence electrons. The van der Waals surface area contributed by atoms with Gasteiger partial charge in [-0.1, -0.05) is 6.07 Å². The number of rotatable bonds is 4. The van der Waals surface area contributed by atoms with Crippen molar-refractivity contribution in [3.8, 4) is 0 Å². The third-order valence-electron chi connectivity index (χ3n) is 3.22. The highest BCUT2D eigenvalue weighted by molar-refractivity contribution is 5.93. The standard InChI is InChI=1S/C16H20N4O/c1-11-5-6-13(9-17-11)12(2)19-15-8-7-14(10-18-15)16(21)20(3)4/h5-10,12H,1-4H3,(H,18,19). The van der Waals surface area contributed by atoms with Crippen LogP contribution in [-0.2, 0) is 0 Å². The molecule has 1 atom stereocenters. The number of nitrogens with zero attached hydrogens (tertiary/aromatic N) is 3. The van der Waals surface area contributed by atoms with Crippen molar-refractivity contribution in [1.82, 2.24) is 14.9 Å². The highest BCUT2D eigenvalue weighted by Gasteiger charge is 2.10. The van der Waals surface area contributed by atoms with Gasteiger partial charge in [-0.05, 0) is 37.6 Å². The van der Waals surface area contributed by atoms with E-state index in [9.17, 15) is 4.79 Å². The van der Waals surface area contributed by atoms with Crippen molar-refractivity contribution in [3.05, 3.63) is 53.5 Å². The van der Waals surface area contributed by atoms with Crippen LogP contribution in [-0.4, -0.2) is 34.9 Å². The molecule has 0 radical (unpaired) electrons. The van der Waals surface area contributed by atoms with E-state index in [4.69, 9.17) is 0 Å². The molecular formula is C16H20N4O. The average molecular weight is 284 g/mol. The topological polar surface area (TPSA) is 58.1 Å². The number of amides is 1. The van der Waals surface area contributed by atoms with Crippen LogP contribution < -0.4 is 5.32 Å². The van der Waals surface area contributed by atoms with Gasteiger partial charge < -0.3 is 10.2 Å². The number of pyridine rings is 2. The molecule has 0 saturated carbocycles. The molecular weight excluding hydrogens is 264 g/mol. The van der Waals surface area contributed by atoms with Crippen molar-refractivity contribution in [2.24, 2.45) is 0 Å². The van der Waals surface area contributed by atoms with Crippen molar-refractivity contribution in [2.75, 3.05) is 19.4 Å². The summed E-state index contributed by atoms with van der Waals surface area (Å²) in [5, 5.41) is 3.30. The molecule has 0 spiro atoms. The van der Waals surface area contributed by atoms with E-state index in [2.05, 4.69) is 15.3 Å². The minimum atomic E-state index is -0.0511. The van der Waals surface area contributed by atoms with Crippen LogP contribution in [0.5, 0.6) is 0 Å². The van der Waals surface area contributed by atoms with E-state index in [0.717, 1.165) is 17.1 Å². The van der Waals surface area contributed by atoms with Gasteiger partial charge in [-0.2, -0.15) is 0 Å². The summed E-state index contributed by atoms with van der Waals surface area (Å²) in [5.41, 5.74) is 2.67. The first kappa shape index (κ1) is 15.0. The third kappa shape index (κ3) is 3.78. The van der Waals surface area contributed by atoms with Gasteiger partial charge in [-0.25, -0.2) is 4.98 Å². The molecule has 0 aromatic carbocycles. The molecule has 0 fully saturated rings. The summed E-state index contributed by atoms with van der Waals surface area (Å²) in [5.74, 6) is 0.684. The second-order valence-corrected chi connectivity index (χ2v) is 5.23. The fraction of sp³-hybridized carbons (Fsp3) is 0.312. The van der Waals surface area contributed by atoms with E-state index >= 15 is 0 Å². The number of hydrogen-bond donors (Lipinski definition) is 1. The van der Waals surface area contributed by atoms with Crippen molar-refractivity contribution >= 4 is 11.7 Å². The molecule has 0 aliphatic rings. The Morgan fingerprint density at radius 3 is 2.43 bits per heavy atom. The molecule has 5 heteroatoms. The number of aryl methyl sites for hydroxylation is 1. The van der Waals surface area contributed by atoms with Crippen LogP contribution in [0.15, 0.2) is 36.7 Å². The SMILES string of the molecule is Cc1ccc(C(C)Nc2ccc(C(=O)N(C)C)cn2)cn1. The van der Waals surface area contributed by atoms with Gasteiger partial charge in [0.2, 0.25) is 0 Å². The monoisotopic (exact) mass is 284 g/mol. The Balaban J connectivity index is 2.06. The maximum absolute atomic E-state index is 11.8. The average Bonchev–Trinajstić information content (AvgIpc) is 2.47. The van der Waals surface area contributed by atoms with Gasteiger partial charge in [0.1, 0.15) is 5.82 Å². The minimum Gasteiger partial charge on any atom is -0.363 e. The molecule has 0 bridgehead atoms. The fourth-order valence-corrected chi connectivity index (χ4v) is 1.90. The largest absolute Gasteiger partial charge is 0.363 e. The Morgan fingerprint density at radius 1 is 1.14 bits per heavy atom. The molecule has 1 unspecified atom stereocenters. The molecule has 0 aliphatic carbocycles. The summed E-state index contributed by atoms with van der Waals surface area (Å²) in [6, 6.07) is 7.72. The Morgan fingerprint density at radius 2 is 1.90 bits per heavy atom. The molecule has 1 N–H and O–H groups in total. The Hall–Kier alpha value is -2.43. The highest BCUT2D eigenvalue weighted by Crippen LogP contribution is 2.17. The van der Waals surface area contributed by atoms with Crippen molar-refractivity contribution < 1.29 is 4.79 Å². The van der Waals surface area contributed by atoms with E-state index in [1.165, 1.54) is 4.90 Å². The number of carbonyl (C=O) groups excluding carboxylic acids is 1. The summed E-state index contributed by atoms with van der Waals surface area (Å²) in [7, 11) is 3.45. The van der Waals surface area contributed by atoms with Crippen molar-refractivity contribution in [3.63, 3.8) is 0 Å². The normalized spacial score (nSPS) is 11.8. The summed E-state index contributed by atoms with van der Waals surface area (Å²) in [6.45, 7) is 4.01. The predicted octanol–water partition coefficient (Wildman–Crippen LogP) is 2.66. The quantitative estimate of drug-likeness (QED) is 0.937. The van der Waals surface area contributed by atoms with Gasteiger partial charge in [0.15, 0.2) is 0 Å². The van der Waals surface area contributed by atoms with Crippen LogP contribution in [0.3, 0.4) is 0 Å². The molecule has 1 amide bonds. The van der Waals surface area contributed by atoms with Crippen molar-refractivity contribution in [1.29, 1.82) is 0 Å². The smallest absolute Gasteiger partial charge is 0.254 e. The summed E-state index contributed by atoms with van der Waals surface area (Å²) in [6.07, 6.45) is 3.45. The zero-order valence-electron chi connectivity index (χ0n) is 12.8. The molecule has 21 heavy (non-hydrogen) atoms. The van der Waals surface area contributed by atoms with Crippen LogP contribution >= 0.6 is 0 Å². The number of anilines is 1. The molecule has 0 aliphatic heterocycles. The Bertz CT molecular complexity index is 605. The number of aromatic nitrogens is 2. The Kier molecular flexibility index (Phi) is 4.52. The minimum absolute atomic E-state index is 0.0511. The predicted molar refractivity (Wildman–Crippen MR) is 83.3 cm³/mol. The maximum atomic E-state index is 11.8. The van der Waals surface area contributed by atoms with Gasteiger partial charge in [-0.15, -0.1) is 0 Å². The van der Waals surface area contributed by atoms with Gasteiger partial charge in [0.05, 0.1) is 11.6 Å². The third-order valence-corrected chi connectivity index (χ3v) is 3.22. The van der Waals surface area contributed by atoms with Crippen LogP contribution in [0.2, 0.25) is 0 Å². The number of hydrogen-bond acceptors (Lipinski definition) is 4. The summed E-state index contributed by atoms with van der Waals surface area (Å²) >= 11 is 0. The van der Waals surface area contributed by atoms with E-state index in [1.54, 1.807) is 26.4 Å². The van der Waals surface area contributed by atoms with Gasteiger partial charge in [0.25, 0.3) is 5.91 Å². The van der Waals surface area contributed by atoms with E-state index in [0.29, 0.717) is 5.56 Å². The van der Waals surface area contributed by atoms with E-state index in [1.807, 2.05) is 38.2 Å². The lowest BCUT2D eigenvalue weighted by molar-refractivity contribution is 0.0827. The first-order valence-corrected chi connectivity index (χ1v) is 6.84. The second kappa shape index (κ2) is 6.35. The Labute approximate surface area is 125 Å². The van der Waals surface area contributed by atoms with Gasteiger partial charge in [0, 0.05) is 32.2 Å². The second-order valence-electron chi connectivity index (χ2n) is 5.23. The lowest BCUT2D eigenvalue weighted by Crippen LogP contribution is -2.21. The molecule has 2 rings (SSSR count).